The van der Waals surface area contributed by atoms with Crippen LogP contribution in [0.25, 0.3) is 0 Å². The summed E-state index contributed by atoms with van der Waals surface area (Å²) in [6.07, 6.45) is 4.78. The lowest BCUT2D eigenvalue weighted by molar-refractivity contribution is 0.505. The highest BCUT2D eigenvalue weighted by atomic mass is 14.9. The van der Waals surface area contributed by atoms with E-state index in [-0.39, 0.29) is 5.41 Å². The first-order chi connectivity index (χ1) is 10.3. The molecule has 0 radical (unpaired) electrons. The summed E-state index contributed by atoms with van der Waals surface area (Å²) in [5, 5.41) is 0. The maximum absolute atomic E-state index is 4.55. The van der Waals surface area contributed by atoms with Crippen molar-refractivity contribution in [1.82, 2.24) is 9.97 Å². The highest BCUT2D eigenvalue weighted by Gasteiger charge is 2.22. The average molecular weight is 296 g/mol. The van der Waals surface area contributed by atoms with Crippen LogP contribution < -0.4 is 0 Å². The molecule has 2 nitrogen and oxygen atoms in total. The molecule has 1 aromatic carbocycles. The molecule has 1 heterocycles. The first-order valence-corrected chi connectivity index (χ1v) is 8.21. The fraction of sp³-hybridized carbons (Fsp3) is 0.500. The predicted octanol–water partition coefficient (Wildman–Crippen LogP) is 5.24. The van der Waals surface area contributed by atoms with Crippen molar-refractivity contribution in [3.63, 3.8) is 0 Å². The standard InChI is InChI=1S/C20H28N2/c1-14(2)16-7-9-18(10-8-16)20(5,6)11-19-21-12-17(13-22-19)15(3)4/h7-10,12-15H,11H2,1-6H3. The Labute approximate surface area is 135 Å². The van der Waals surface area contributed by atoms with Gasteiger partial charge in [-0.1, -0.05) is 65.8 Å². The van der Waals surface area contributed by atoms with Crippen LogP contribution in [-0.2, 0) is 11.8 Å². The molecule has 0 aliphatic rings. The van der Waals surface area contributed by atoms with Gasteiger partial charge in [0.05, 0.1) is 0 Å². The van der Waals surface area contributed by atoms with Crippen LogP contribution in [0.3, 0.4) is 0 Å². The fourth-order valence-electron chi connectivity index (χ4n) is 2.57. The lowest BCUT2D eigenvalue weighted by Crippen LogP contribution is -2.22. The molecule has 1 aromatic heterocycles. The summed E-state index contributed by atoms with van der Waals surface area (Å²) in [6.45, 7) is 13.3. The summed E-state index contributed by atoms with van der Waals surface area (Å²) in [4.78, 5) is 9.09. The molecule has 0 spiro atoms. The van der Waals surface area contributed by atoms with Crippen LogP contribution >= 0.6 is 0 Å². The summed E-state index contributed by atoms with van der Waals surface area (Å²) >= 11 is 0. The molecule has 0 atom stereocenters. The van der Waals surface area contributed by atoms with Crippen LogP contribution in [0.1, 0.15) is 75.9 Å². The highest BCUT2D eigenvalue weighted by molar-refractivity contribution is 5.30. The van der Waals surface area contributed by atoms with E-state index in [1.54, 1.807) is 0 Å². The summed E-state index contributed by atoms with van der Waals surface area (Å²) in [5.74, 6) is 1.97. The number of hydrogen-bond donors (Lipinski definition) is 0. The van der Waals surface area contributed by atoms with Crippen LogP contribution in [-0.4, -0.2) is 9.97 Å². The minimum atomic E-state index is 0.0366. The van der Waals surface area contributed by atoms with Crippen molar-refractivity contribution < 1.29 is 0 Å². The third-order valence-electron chi connectivity index (χ3n) is 4.35. The van der Waals surface area contributed by atoms with Gasteiger partial charge < -0.3 is 0 Å². The van der Waals surface area contributed by atoms with Gasteiger partial charge in [0.1, 0.15) is 5.82 Å². The van der Waals surface area contributed by atoms with Crippen LogP contribution in [0.15, 0.2) is 36.7 Å². The van der Waals surface area contributed by atoms with Crippen molar-refractivity contribution in [1.29, 1.82) is 0 Å². The van der Waals surface area contributed by atoms with E-state index < -0.39 is 0 Å². The maximum atomic E-state index is 4.55. The van der Waals surface area contributed by atoms with Gasteiger partial charge in [0.15, 0.2) is 0 Å². The topological polar surface area (TPSA) is 25.8 Å². The van der Waals surface area contributed by atoms with Gasteiger partial charge in [-0.05, 0) is 33.9 Å². The number of aromatic nitrogens is 2. The molecule has 0 aliphatic carbocycles. The van der Waals surface area contributed by atoms with Crippen molar-refractivity contribution >= 4 is 0 Å². The largest absolute Gasteiger partial charge is 0.241 e. The Morgan fingerprint density at radius 3 is 1.77 bits per heavy atom. The molecule has 0 fully saturated rings. The van der Waals surface area contributed by atoms with E-state index in [0.29, 0.717) is 11.8 Å². The number of nitrogens with zero attached hydrogens (tertiary/aromatic N) is 2. The molecule has 0 amide bonds. The van der Waals surface area contributed by atoms with Crippen molar-refractivity contribution in [3.8, 4) is 0 Å². The van der Waals surface area contributed by atoms with Gasteiger partial charge >= 0.3 is 0 Å². The molecule has 2 heteroatoms. The minimum absolute atomic E-state index is 0.0366. The molecule has 0 aliphatic heterocycles. The van der Waals surface area contributed by atoms with Crippen LogP contribution in [0.2, 0.25) is 0 Å². The molecular formula is C20H28N2. The van der Waals surface area contributed by atoms with Gasteiger partial charge in [-0.3, -0.25) is 0 Å². The lowest BCUT2D eigenvalue weighted by atomic mass is 9.80. The van der Waals surface area contributed by atoms with Gasteiger partial charge in [-0.2, -0.15) is 0 Å². The van der Waals surface area contributed by atoms with Crippen LogP contribution in [0.5, 0.6) is 0 Å². The zero-order chi connectivity index (χ0) is 16.3. The molecule has 0 bridgehead atoms. The smallest absolute Gasteiger partial charge is 0.129 e. The molecule has 0 saturated heterocycles. The third-order valence-corrected chi connectivity index (χ3v) is 4.35. The number of hydrogen-bond acceptors (Lipinski definition) is 2. The zero-order valence-electron chi connectivity index (χ0n) is 14.7. The fourth-order valence-corrected chi connectivity index (χ4v) is 2.57. The molecule has 2 rings (SSSR count). The maximum Gasteiger partial charge on any atom is 0.129 e. The van der Waals surface area contributed by atoms with Gasteiger partial charge in [0.25, 0.3) is 0 Å². The Bertz CT molecular complexity index is 593. The average Bonchev–Trinajstić information content (AvgIpc) is 2.47. The van der Waals surface area contributed by atoms with Gasteiger partial charge in [0.2, 0.25) is 0 Å². The second-order valence-electron chi connectivity index (χ2n) is 7.42. The monoisotopic (exact) mass is 296 g/mol. The van der Waals surface area contributed by atoms with Gasteiger partial charge in [0, 0.05) is 18.8 Å². The summed E-state index contributed by atoms with van der Waals surface area (Å²) in [7, 11) is 0. The van der Waals surface area contributed by atoms with E-state index in [1.807, 2.05) is 12.4 Å². The Morgan fingerprint density at radius 2 is 1.32 bits per heavy atom. The molecule has 0 unspecified atom stereocenters. The van der Waals surface area contributed by atoms with E-state index in [4.69, 9.17) is 0 Å². The van der Waals surface area contributed by atoms with E-state index in [1.165, 1.54) is 16.7 Å². The van der Waals surface area contributed by atoms with Crippen molar-refractivity contribution in [3.05, 3.63) is 59.2 Å². The Morgan fingerprint density at radius 1 is 0.818 bits per heavy atom. The molecule has 118 valence electrons. The lowest BCUT2D eigenvalue weighted by Gasteiger charge is -2.25. The summed E-state index contributed by atoms with van der Waals surface area (Å²) in [6, 6.07) is 8.98. The van der Waals surface area contributed by atoms with Crippen molar-refractivity contribution in [2.24, 2.45) is 0 Å². The Balaban J connectivity index is 2.15. The van der Waals surface area contributed by atoms with Crippen molar-refractivity contribution in [2.45, 2.75) is 65.2 Å². The SMILES string of the molecule is CC(C)c1ccc(C(C)(C)Cc2ncc(C(C)C)cn2)cc1. The minimum Gasteiger partial charge on any atom is -0.241 e. The molecule has 0 saturated carbocycles. The zero-order valence-corrected chi connectivity index (χ0v) is 14.7. The van der Waals surface area contributed by atoms with Crippen LogP contribution in [0.4, 0.5) is 0 Å². The summed E-state index contributed by atoms with van der Waals surface area (Å²) < 4.78 is 0. The van der Waals surface area contributed by atoms with E-state index in [2.05, 4.69) is 75.8 Å². The first kappa shape index (κ1) is 16.7. The van der Waals surface area contributed by atoms with Gasteiger partial charge in [-0.15, -0.1) is 0 Å². The van der Waals surface area contributed by atoms with E-state index >= 15 is 0 Å². The molecule has 2 aromatic rings. The number of rotatable bonds is 5. The van der Waals surface area contributed by atoms with Crippen LogP contribution in [0, 0.1) is 0 Å². The highest BCUT2D eigenvalue weighted by Crippen LogP contribution is 2.28. The third kappa shape index (κ3) is 3.94. The van der Waals surface area contributed by atoms with E-state index in [0.717, 1.165) is 12.2 Å². The second kappa shape index (κ2) is 6.60. The normalized spacial score (nSPS) is 12.2. The van der Waals surface area contributed by atoms with Crippen molar-refractivity contribution in [2.75, 3.05) is 0 Å². The Hall–Kier alpha value is -1.70. The summed E-state index contributed by atoms with van der Waals surface area (Å²) in [5.41, 5.74) is 3.96. The molecular weight excluding hydrogens is 268 g/mol. The first-order valence-electron chi connectivity index (χ1n) is 8.21. The second-order valence-corrected chi connectivity index (χ2v) is 7.42. The van der Waals surface area contributed by atoms with E-state index in [9.17, 15) is 0 Å². The molecule has 0 N–H and O–H groups in total. The molecule has 22 heavy (non-hydrogen) atoms. The number of benzene rings is 1. The predicted molar refractivity (Wildman–Crippen MR) is 93.4 cm³/mol. The Kier molecular flexibility index (Phi) is 5.00. The van der Waals surface area contributed by atoms with Gasteiger partial charge in [-0.25, -0.2) is 9.97 Å². The quantitative estimate of drug-likeness (QED) is 0.753.